The van der Waals surface area contributed by atoms with Crippen LogP contribution in [0.2, 0.25) is 0 Å². The Morgan fingerprint density at radius 2 is 2.10 bits per heavy atom. The summed E-state index contributed by atoms with van der Waals surface area (Å²) in [6, 6.07) is 3.28. The Morgan fingerprint density at radius 3 is 2.70 bits per heavy atom. The van der Waals surface area contributed by atoms with Gasteiger partial charge in [-0.25, -0.2) is 8.78 Å². The number of rotatable bonds is 3. The summed E-state index contributed by atoms with van der Waals surface area (Å²) in [6.07, 6.45) is 3.13. The minimum absolute atomic E-state index is 0.0178. The van der Waals surface area contributed by atoms with Crippen molar-refractivity contribution in [3.8, 4) is 0 Å². The smallest absolute Gasteiger partial charge is 0.257 e. The molecule has 2 N–H and O–H groups in total. The monoisotopic (exact) mass is 283 g/mol. The standard InChI is InChI=1S/C15H19F2NO2/c1-10-4-3-7-15(20,8-10)9-18-14(19)13-11(16)5-2-6-12(13)17/h2,5-6,10,20H,3-4,7-9H2,1H3,(H,18,19). The second-order valence-electron chi connectivity index (χ2n) is 5.71. The second kappa shape index (κ2) is 5.87. The van der Waals surface area contributed by atoms with Crippen LogP contribution < -0.4 is 5.32 Å². The highest BCUT2D eigenvalue weighted by molar-refractivity contribution is 5.94. The topological polar surface area (TPSA) is 49.3 Å². The molecular weight excluding hydrogens is 264 g/mol. The van der Waals surface area contributed by atoms with Gasteiger partial charge in [0.15, 0.2) is 0 Å². The van der Waals surface area contributed by atoms with Crippen molar-refractivity contribution in [1.29, 1.82) is 0 Å². The molecule has 1 fully saturated rings. The van der Waals surface area contributed by atoms with Gasteiger partial charge >= 0.3 is 0 Å². The van der Waals surface area contributed by atoms with Crippen LogP contribution >= 0.6 is 0 Å². The molecule has 0 radical (unpaired) electrons. The van der Waals surface area contributed by atoms with Crippen molar-refractivity contribution in [2.45, 2.75) is 38.2 Å². The quantitative estimate of drug-likeness (QED) is 0.896. The molecule has 0 spiro atoms. The zero-order valence-electron chi connectivity index (χ0n) is 11.5. The molecule has 2 atom stereocenters. The minimum Gasteiger partial charge on any atom is -0.388 e. The zero-order chi connectivity index (χ0) is 14.8. The molecule has 110 valence electrons. The number of nitrogens with one attached hydrogen (secondary N) is 1. The van der Waals surface area contributed by atoms with Crippen LogP contribution in [-0.4, -0.2) is 23.2 Å². The van der Waals surface area contributed by atoms with Crippen LogP contribution in [0, 0.1) is 17.6 Å². The van der Waals surface area contributed by atoms with Gasteiger partial charge in [0.25, 0.3) is 5.91 Å². The Balaban J connectivity index is 2.02. The highest BCUT2D eigenvalue weighted by Gasteiger charge is 2.33. The van der Waals surface area contributed by atoms with Gasteiger partial charge in [0.05, 0.1) is 5.60 Å². The number of carbonyl (C=O) groups excluding carboxylic acids is 1. The summed E-state index contributed by atoms with van der Waals surface area (Å²) in [5, 5.41) is 12.8. The van der Waals surface area contributed by atoms with Gasteiger partial charge in [-0.3, -0.25) is 4.79 Å². The van der Waals surface area contributed by atoms with Crippen LogP contribution in [0.25, 0.3) is 0 Å². The van der Waals surface area contributed by atoms with Gasteiger partial charge in [-0.2, -0.15) is 0 Å². The first-order valence-corrected chi connectivity index (χ1v) is 6.86. The van der Waals surface area contributed by atoms with Gasteiger partial charge in [0.2, 0.25) is 0 Å². The molecule has 3 nitrogen and oxygen atoms in total. The van der Waals surface area contributed by atoms with Crippen LogP contribution in [0.3, 0.4) is 0 Å². The molecule has 1 aliphatic rings. The molecule has 1 aromatic carbocycles. The molecule has 0 aliphatic heterocycles. The molecule has 0 aromatic heterocycles. The highest BCUT2D eigenvalue weighted by atomic mass is 19.1. The van der Waals surface area contributed by atoms with Gasteiger partial charge in [-0.15, -0.1) is 0 Å². The lowest BCUT2D eigenvalue weighted by molar-refractivity contribution is -0.0110. The third kappa shape index (κ3) is 3.33. The minimum atomic E-state index is -0.977. The zero-order valence-corrected chi connectivity index (χ0v) is 11.5. The fraction of sp³-hybridized carbons (Fsp3) is 0.533. The Labute approximate surface area is 117 Å². The van der Waals surface area contributed by atoms with Crippen molar-refractivity contribution in [2.24, 2.45) is 5.92 Å². The summed E-state index contributed by atoms with van der Waals surface area (Å²) in [7, 11) is 0. The maximum absolute atomic E-state index is 13.5. The Morgan fingerprint density at radius 1 is 1.45 bits per heavy atom. The van der Waals surface area contributed by atoms with Crippen molar-refractivity contribution in [3.63, 3.8) is 0 Å². The highest BCUT2D eigenvalue weighted by Crippen LogP contribution is 2.31. The van der Waals surface area contributed by atoms with Gasteiger partial charge in [0.1, 0.15) is 17.2 Å². The predicted octanol–water partition coefficient (Wildman–Crippen LogP) is 2.64. The van der Waals surface area contributed by atoms with Crippen molar-refractivity contribution >= 4 is 5.91 Å². The normalized spacial score (nSPS) is 26.3. The van der Waals surface area contributed by atoms with Crippen molar-refractivity contribution in [2.75, 3.05) is 6.54 Å². The molecule has 1 amide bonds. The first-order chi connectivity index (χ1) is 9.41. The second-order valence-corrected chi connectivity index (χ2v) is 5.71. The van der Waals surface area contributed by atoms with E-state index < -0.39 is 28.7 Å². The number of halogens is 2. The third-order valence-corrected chi connectivity index (χ3v) is 3.84. The first-order valence-electron chi connectivity index (χ1n) is 6.86. The number of carbonyl (C=O) groups is 1. The average Bonchev–Trinajstić information content (AvgIpc) is 2.36. The number of aliphatic hydroxyl groups is 1. The predicted molar refractivity (Wildman–Crippen MR) is 71.3 cm³/mol. The molecule has 1 aromatic rings. The van der Waals surface area contributed by atoms with E-state index in [2.05, 4.69) is 5.32 Å². The van der Waals surface area contributed by atoms with E-state index >= 15 is 0 Å². The van der Waals surface area contributed by atoms with Crippen molar-refractivity contribution in [1.82, 2.24) is 5.32 Å². The van der Waals surface area contributed by atoms with E-state index in [1.165, 1.54) is 6.07 Å². The molecule has 0 saturated heterocycles. The maximum Gasteiger partial charge on any atom is 0.257 e. The third-order valence-electron chi connectivity index (χ3n) is 3.84. The molecule has 2 rings (SSSR count). The number of amides is 1. The molecule has 0 bridgehead atoms. The van der Waals surface area contributed by atoms with Crippen LogP contribution in [0.4, 0.5) is 8.78 Å². The van der Waals surface area contributed by atoms with Gasteiger partial charge < -0.3 is 10.4 Å². The fourth-order valence-electron chi connectivity index (χ4n) is 2.84. The summed E-state index contributed by atoms with van der Waals surface area (Å²) in [4.78, 5) is 11.9. The summed E-state index contributed by atoms with van der Waals surface area (Å²) < 4.78 is 26.9. The Kier molecular flexibility index (Phi) is 4.38. The van der Waals surface area contributed by atoms with Gasteiger partial charge in [-0.05, 0) is 30.9 Å². The SMILES string of the molecule is CC1CCCC(O)(CNC(=O)c2c(F)cccc2F)C1. The van der Waals surface area contributed by atoms with Crippen LogP contribution in [-0.2, 0) is 0 Å². The Hall–Kier alpha value is -1.49. The maximum atomic E-state index is 13.5. The van der Waals surface area contributed by atoms with E-state index in [0.717, 1.165) is 25.0 Å². The van der Waals surface area contributed by atoms with E-state index in [1.54, 1.807) is 0 Å². The van der Waals surface area contributed by atoms with E-state index in [1.807, 2.05) is 6.92 Å². The van der Waals surface area contributed by atoms with Crippen molar-refractivity contribution in [3.05, 3.63) is 35.4 Å². The molecule has 1 saturated carbocycles. The van der Waals surface area contributed by atoms with E-state index in [-0.39, 0.29) is 6.54 Å². The summed E-state index contributed by atoms with van der Waals surface area (Å²) in [6.45, 7) is 2.06. The van der Waals surface area contributed by atoms with E-state index in [9.17, 15) is 18.7 Å². The lowest BCUT2D eigenvalue weighted by Crippen LogP contribution is -2.46. The average molecular weight is 283 g/mol. The fourth-order valence-corrected chi connectivity index (χ4v) is 2.84. The van der Waals surface area contributed by atoms with E-state index in [4.69, 9.17) is 0 Å². The molecule has 1 aliphatic carbocycles. The number of hydrogen-bond acceptors (Lipinski definition) is 2. The van der Waals surface area contributed by atoms with Gasteiger partial charge in [0, 0.05) is 6.54 Å². The Bertz CT molecular complexity index is 486. The number of hydrogen-bond donors (Lipinski definition) is 2. The van der Waals surface area contributed by atoms with Crippen molar-refractivity contribution < 1.29 is 18.7 Å². The van der Waals surface area contributed by atoms with Gasteiger partial charge in [-0.1, -0.05) is 25.8 Å². The molecule has 20 heavy (non-hydrogen) atoms. The first kappa shape index (κ1) is 14.9. The molecule has 2 unspecified atom stereocenters. The summed E-state index contributed by atoms with van der Waals surface area (Å²) in [5.41, 5.74) is -1.57. The van der Waals surface area contributed by atoms with E-state index in [0.29, 0.717) is 18.8 Å². The van der Waals surface area contributed by atoms with Crippen LogP contribution in [0.1, 0.15) is 43.0 Å². The molecular formula is C15H19F2NO2. The lowest BCUT2D eigenvalue weighted by Gasteiger charge is -2.35. The lowest BCUT2D eigenvalue weighted by atomic mass is 9.79. The van der Waals surface area contributed by atoms with Crippen LogP contribution in [0.15, 0.2) is 18.2 Å². The van der Waals surface area contributed by atoms with Crippen LogP contribution in [0.5, 0.6) is 0 Å². The largest absolute Gasteiger partial charge is 0.388 e. The summed E-state index contributed by atoms with van der Waals surface area (Å²) >= 11 is 0. The molecule has 5 heteroatoms. The summed E-state index contributed by atoms with van der Waals surface area (Å²) in [5.74, 6) is -2.24. The number of benzene rings is 1. The molecule has 0 heterocycles.